The van der Waals surface area contributed by atoms with Gasteiger partial charge in [-0.05, 0) is 112 Å². The molecule has 3 nitrogen and oxygen atoms in total. The number of rotatable bonds is 7. The Kier molecular flexibility index (Phi) is 7.68. The standard InChI is InChI=1S/C52H34N2OS/c1-2-15-40(16-3-1)54(42-18-9-14-37(30-42)44-21-10-12-34-11-4-5-19-43(34)44)41-17-8-13-35(29-41)36-23-28-51-48(31-36)47-27-25-39(33-52(47)56-51)53-38-24-26-46-45-20-6-7-22-49(45)55-50(46)32-38/h1-33,53H. The minimum Gasteiger partial charge on any atom is -0.456 e. The van der Waals surface area contributed by atoms with Crippen LogP contribution in [-0.4, -0.2) is 0 Å². The maximum Gasteiger partial charge on any atom is 0.137 e. The molecule has 4 heteroatoms. The molecule has 264 valence electrons. The number of para-hydroxylation sites is 2. The van der Waals surface area contributed by atoms with Crippen molar-refractivity contribution in [3.05, 3.63) is 200 Å². The lowest BCUT2D eigenvalue weighted by molar-refractivity contribution is 0.669. The van der Waals surface area contributed by atoms with Crippen LogP contribution in [0.15, 0.2) is 205 Å². The number of nitrogens with one attached hydrogen (secondary N) is 1. The summed E-state index contributed by atoms with van der Waals surface area (Å²) >= 11 is 1.83. The summed E-state index contributed by atoms with van der Waals surface area (Å²) in [5, 5.41) is 10.9. The summed E-state index contributed by atoms with van der Waals surface area (Å²) < 4.78 is 8.67. The molecule has 0 aliphatic heterocycles. The molecule has 11 aromatic rings. The van der Waals surface area contributed by atoms with Crippen LogP contribution in [0.2, 0.25) is 0 Å². The Morgan fingerprint density at radius 1 is 0.375 bits per heavy atom. The number of anilines is 5. The quantitative estimate of drug-likeness (QED) is 0.177. The number of hydrogen-bond acceptors (Lipinski definition) is 4. The van der Waals surface area contributed by atoms with Crippen molar-refractivity contribution in [1.29, 1.82) is 0 Å². The molecule has 0 fully saturated rings. The highest BCUT2D eigenvalue weighted by Gasteiger charge is 2.16. The average molecular weight is 735 g/mol. The Morgan fingerprint density at radius 3 is 1.89 bits per heavy atom. The van der Waals surface area contributed by atoms with Gasteiger partial charge in [-0.1, -0.05) is 115 Å². The molecule has 0 radical (unpaired) electrons. The Morgan fingerprint density at radius 2 is 1.02 bits per heavy atom. The third-order valence-corrected chi connectivity index (χ3v) is 11.9. The first kappa shape index (κ1) is 32.3. The van der Waals surface area contributed by atoms with Gasteiger partial charge in [0.2, 0.25) is 0 Å². The molecule has 0 aliphatic rings. The molecule has 1 N–H and O–H groups in total. The summed E-state index contributed by atoms with van der Waals surface area (Å²) in [5.41, 5.74) is 12.0. The van der Waals surface area contributed by atoms with E-state index >= 15 is 0 Å². The highest BCUT2D eigenvalue weighted by Crippen LogP contribution is 2.42. The average Bonchev–Trinajstić information content (AvgIpc) is 3.81. The lowest BCUT2D eigenvalue weighted by Crippen LogP contribution is -2.10. The van der Waals surface area contributed by atoms with E-state index < -0.39 is 0 Å². The van der Waals surface area contributed by atoms with E-state index in [4.69, 9.17) is 4.42 Å². The van der Waals surface area contributed by atoms with E-state index in [-0.39, 0.29) is 0 Å². The van der Waals surface area contributed by atoms with Gasteiger partial charge in [0.15, 0.2) is 0 Å². The van der Waals surface area contributed by atoms with Gasteiger partial charge in [-0.2, -0.15) is 0 Å². The molecule has 0 saturated carbocycles. The fourth-order valence-electron chi connectivity index (χ4n) is 8.14. The van der Waals surface area contributed by atoms with E-state index in [0.29, 0.717) is 0 Å². The summed E-state index contributed by atoms with van der Waals surface area (Å²) in [5.74, 6) is 0. The van der Waals surface area contributed by atoms with Gasteiger partial charge >= 0.3 is 0 Å². The first-order chi connectivity index (χ1) is 27.7. The molecule has 11 rings (SSSR count). The molecule has 0 bridgehead atoms. The number of nitrogens with zero attached hydrogens (tertiary/aromatic N) is 1. The van der Waals surface area contributed by atoms with E-state index in [1.807, 2.05) is 23.5 Å². The second-order valence-electron chi connectivity index (χ2n) is 14.3. The largest absolute Gasteiger partial charge is 0.456 e. The van der Waals surface area contributed by atoms with E-state index in [1.165, 1.54) is 53.2 Å². The van der Waals surface area contributed by atoms with Crippen molar-refractivity contribution < 1.29 is 4.42 Å². The van der Waals surface area contributed by atoms with Crippen molar-refractivity contribution in [2.45, 2.75) is 0 Å². The third kappa shape index (κ3) is 5.67. The number of fused-ring (bicyclic) bond motifs is 7. The summed E-state index contributed by atoms with van der Waals surface area (Å²) in [7, 11) is 0. The van der Waals surface area contributed by atoms with Gasteiger partial charge in [-0.25, -0.2) is 0 Å². The highest BCUT2D eigenvalue weighted by atomic mass is 32.1. The zero-order valence-corrected chi connectivity index (χ0v) is 31.1. The third-order valence-electron chi connectivity index (χ3n) is 10.8. The second kappa shape index (κ2) is 13.3. The molecule has 0 saturated heterocycles. The Bertz CT molecular complexity index is 3240. The van der Waals surface area contributed by atoms with E-state index in [9.17, 15) is 0 Å². The summed E-state index contributed by atoms with van der Waals surface area (Å²) in [4.78, 5) is 2.36. The second-order valence-corrected chi connectivity index (χ2v) is 15.3. The lowest BCUT2D eigenvalue weighted by Gasteiger charge is -2.26. The maximum atomic E-state index is 6.15. The maximum absolute atomic E-state index is 6.15. The first-order valence-corrected chi connectivity index (χ1v) is 19.7. The number of furan rings is 1. The van der Waals surface area contributed by atoms with Crippen LogP contribution >= 0.6 is 11.3 Å². The molecule has 0 spiro atoms. The van der Waals surface area contributed by atoms with Crippen molar-refractivity contribution >= 4 is 92.7 Å². The van der Waals surface area contributed by atoms with Gasteiger partial charge in [0, 0.05) is 65.4 Å². The predicted molar refractivity (Wildman–Crippen MR) is 239 cm³/mol. The molecule has 56 heavy (non-hydrogen) atoms. The predicted octanol–water partition coefficient (Wildman–Crippen LogP) is 15.7. The summed E-state index contributed by atoms with van der Waals surface area (Å²) in [6.07, 6.45) is 0. The Labute approximate surface area is 328 Å². The molecule has 0 atom stereocenters. The Balaban J connectivity index is 0.936. The van der Waals surface area contributed by atoms with Crippen molar-refractivity contribution in [2.75, 3.05) is 10.2 Å². The SMILES string of the molecule is c1ccc(N(c2cccc(-c3ccc4sc5cc(Nc6ccc7c(c6)oc6ccccc67)ccc5c4c3)c2)c2cccc(-c3cccc4ccccc34)c2)cc1. The lowest BCUT2D eigenvalue weighted by atomic mass is 9.97. The monoisotopic (exact) mass is 734 g/mol. The van der Waals surface area contributed by atoms with Gasteiger partial charge in [-0.3, -0.25) is 0 Å². The molecule has 2 aromatic heterocycles. The number of benzene rings is 9. The van der Waals surface area contributed by atoms with Crippen LogP contribution < -0.4 is 10.2 Å². The van der Waals surface area contributed by atoms with Crippen molar-refractivity contribution in [3.63, 3.8) is 0 Å². The zero-order valence-electron chi connectivity index (χ0n) is 30.3. The van der Waals surface area contributed by atoms with Gasteiger partial charge in [-0.15, -0.1) is 11.3 Å². The highest BCUT2D eigenvalue weighted by molar-refractivity contribution is 7.25. The smallest absolute Gasteiger partial charge is 0.137 e. The molecule has 9 aromatic carbocycles. The normalized spacial score (nSPS) is 11.6. The minimum atomic E-state index is 0.886. The Hall–Kier alpha value is -7.14. The van der Waals surface area contributed by atoms with Crippen LogP contribution in [-0.2, 0) is 0 Å². The molecule has 0 amide bonds. The van der Waals surface area contributed by atoms with Crippen molar-refractivity contribution in [2.24, 2.45) is 0 Å². The fraction of sp³-hybridized carbons (Fsp3) is 0. The number of thiophene rings is 1. The van der Waals surface area contributed by atoms with Crippen LogP contribution in [0.5, 0.6) is 0 Å². The first-order valence-electron chi connectivity index (χ1n) is 18.9. The molecular formula is C52H34N2OS. The van der Waals surface area contributed by atoms with Gasteiger partial charge in [0.1, 0.15) is 11.2 Å². The van der Waals surface area contributed by atoms with E-state index in [2.05, 4.69) is 198 Å². The van der Waals surface area contributed by atoms with Crippen molar-refractivity contribution in [3.8, 4) is 22.3 Å². The van der Waals surface area contributed by atoms with Crippen LogP contribution in [0.1, 0.15) is 0 Å². The van der Waals surface area contributed by atoms with Gasteiger partial charge in [0.05, 0.1) is 0 Å². The van der Waals surface area contributed by atoms with Crippen LogP contribution in [0.3, 0.4) is 0 Å². The van der Waals surface area contributed by atoms with Gasteiger partial charge < -0.3 is 14.6 Å². The van der Waals surface area contributed by atoms with E-state index in [1.54, 1.807) is 0 Å². The van der Waals surface area contributed by atoms with Crippen LogP contribution in [0, 0.1) is 0 Å². The van der Waals surface area contributed by atoms with Crippen LogP contribution in [0.4, 0.5) is 28.4 Å². The fourth-order valence-corrected chi connectivity index (χ4v) is 9.27. The van der Waals surface area contributed by atoms with E-state index in [0.717, 1.165) is 50.4 Å². The molecule has 2 heterocycles. The van der Waals surface area contributed by atoms with Crippen LogP contribution in [0.25, 0.3) is 75.1 Å². The molecule has 0 unspecified atom stereocenters. The topological polar surface area (TPSA) is 28.4 Å². The zero-order chi connectivity index (χ0) is 37.0. The van der Waals surface area contributed by atoms with Crippen molar-refractivity contribution in [1.82, 2.24) is 0 Å². The molecular weight excluding hydrogens is 701 g/mol. The number of hydrogen-bond donors (Lipinski definition) is 1. The summed E-state index contributed by atoms with van der Waals surface area (Å²) in [6.45, 7) is 0. The minimum absolute atomic E-state index is 0.886. The molecule has 0 aliphatic carbocycles. The summed E-state index contributed by atoms with van der Waals surface area (Å²) in [6, 6.07) is 71.7. The van der Waals surface area contributed by atoms with Gasteiger partial charge in [0.25, 0.3) is 0 Å².